The van der Waals surface area contributed by atoms with Crippen molar-refractivity contribution in [3.05, 3.63) is 33.8 Å². The standard InChI is InChI=1S/C14H11Cl2F3O2/c1-3-11(12(20)21)13(4-2,14(17,18)19)8-5-9(15)7-10(16)6-8/h2,5-7,11H,3H2,1H3,(H,20,21)/t11?,13-/m0/s1. The fourth-order valence-corrected chi connectivity index (χ4v) is 2.80. The van der Waals surface area contributed by atoms with E-state index in [0.29, 0.717) is 0 Å². The summed E-state index contributed by atoms with van der Waals surface area (Å²) in [6, 6.07) is 3.23. The van der Waals surface area contributed by atoms with Gasteiger partial charge in [0, 0.05) is 10.0 Å². The fraction of sp³-hybridized carbons (Fsp3) is 0.357. The first kappa shape index (κ1) is 17.7. The number of hydrogen-bond acceptors (Lipinski definition) is 1. The van der Waals surface area contributed by atoms with Gasteiger partial charge in [0.15, 0.2) is 5.41 Å². The Hall–Kier alpha value is -1.38. The van der Waals surface area contributed by atoms with Crippen molar-refractivity contribution in [3.63, 3.8) is 0 Å². The molecule has 0 radical (unpaired) electrons. The van der Waals surface area contributed by atoms with Gasteiger partial charge in [-0.1, -0.05) is 36.0 Å². The van der Waals surface area contributed by atoms with Crippen LogP contribution < -0.4 is 0 Å². The van der Waals surface area contributed by atoms with E-state index in [1.807, 2.05) is 0 Å². The molecule has 1 aromatic rings. The van der Waals surface area contributed by atoms with Gasteiger partial charge >= 0.3 is 12.1 Å². The summed E-state index contributed by atoms with van der Waals surface area (Å²) in [6.45, 7) is 1.32. The summed E-state index contributed by atoms with van der Waals surface area (Å²) in [4.78, 5) is 11.3. The Morgan fingerprint density at radius 3 is 2.10 bits per heavy atom. The number of alkyl halides is 3. The summed E-state index contributed by atoms with van der Waals surface area (Å²) in [5.74, 6) is -1.85. The highest BCUT2D eigenvalue weighted by Gasteiger charge is 2.61. The number of carboxylic acid groups (broad SMARTS) is 1. The Morgan fingerprint density at radius 2 is 1.81 bits per heavy atom. The smallest absolute Gasteiger partial charge is 0.409 e. The molecule has 0 saturated heterocycles. The molecule has 0 heterocycles. The number of benzene rings is 1. The molecule has 0 aliphatic carbocycles. The predicted octanol–water partition coefficient (Wildman–Crippen LogP) is 4.54. The second-order valence-electron chi connectivity index (χ2n) is 4.41. The molecule has 0 aromatic heterocycles. The third-order valence-corrected chi connectivity index (χ3v) is 3.66. The molecule has 0 aliphatic rings. The lowest BCUT2D eigenvalue weighted by Gasteiger charge is -2.36. The highest BCUT2D eigenvalue weighted by Crippen LogP contribution is 2.48. The topological polar surface area (TPSA) is 37.3 Å². The zero-order valence-corrected chi connectivity index (χ0v) is 12.4. The summed E-state index contributed by atoms with van der Waals surface area (Å²) in [6.07, 6.45) is -0.159. The monoisotopic (exact) mass is 338 g/mol. The van der Waals surface area contributed by atoms with Crippen LogP contribution in [0.15, 0.2) is 18.2 Å². The normalized spacial score (nSPS) is 15.9. The molecule has 0 spiro atoms. The third-order valence-electron chi connectivity index (χ3n) is 3.22. The molecule has 114 valence electrons. The summed E-state index contributed by atoms with van der Waals surface area (Å²) < 4.78 is 40.9. The van der Waals surface area contributed by atoms with Crippen molar-refractivity contribution in [2.75, 3.05) is 0 Å². The lowest BCUT2D eigenvalue weighted by molar-refractivity contribution is -0.195. The van der Waals surface area contributed by atoms with E-state index in [-0.39, 0.29) is 16.5 Å². The molecule has 1 N–H and O–H groups in total. The minimum absolute atomic E-state index is 0.0541. The molecular weight excluding hydrogens is 328 g/mol. The van der Waals surface area contributed by atoms with Crippen LogP contribution in [0.4, 0.5) is 13.2 Å². The zero-order valence-electron chi connectivity index (χ0n) is 10.8. The first-order chi connectivity index (χ1) is 9.60. The van der Waals surface area contributed by atoms with Gasteiger partial charge in [-0.2, -0.15) is 13.2 Å². The van der Waals surface area contributed by atoms with Gasteiger partial charge in [0.1, 0.15) is 0 Å². The van der Waals surface area contributed by atoms with Crippen LogP contribution in [0.2, 0.25) is 10.0 Å². The Balaban J connectivity index is 3.74. The van der Waals surface area contributed by atoms with Crippen LogP contribution in [-0.2, 0) is 10.2 Å². The summed E-state index contributed by atoms with van der Waals surface area (Å²) in [7, 11) is 0. The molecule has 0 aliphatic heterocycles. The van der Waals surface area contributed by atoms with E-state index < -0.39 is 29.0 Å². The van der Waals surface area contributed by atoms with Crippen molar-refractivity contribution in [1.29, 1.82) is 0 Å². The average molecular weight is 339 g/mol. The zero-order chi connectivity index (χ0) is 16.4. The predicted molar refractivity (Wildman–Crippen MR) is 74.4 cm³/mol. The van der Waals surface area contributed by atoms with E-state index in [4.69, 9.17) is 34.7 Å². The molecule has 2 atom stereocenters. The second kappa shape index (κ2) is 6.17. The number of carboxylic acids is 1. The van der Waals surface area contributed by atoms with Crippen LogP contribution in [0.5, 0.6) is 0 Å². The maximum absolute atomic E-state index is 13.6. The third kappa shape index (κ3) is 3.12. The van der Waals surface area contributed by atoms with Crippen LogP contribution in [0.1, 0.15) is 18.9 Å². The van der Waals surface area contributed by atoms with Gasteiger partial charge in [-0.25, -0.2) is 0 Å². The maximum atomic E-state index is 13.6. The quantitative estimate of drug-likeness (QED) is 0.818. The van der Waals surface area contributed by atoms with Crippen LogP contribution in [0.3, 0.4) is 0 Å². The fourth-order valence-electron chi connectivity index (χ4n) is 2.28. The van der Waals surface area contributed by atoms with Crippen LogP contribution in [-0.4, -0.2) is 17.3 Å². The van der Waals surface area contributed by atoms with Gasteiger partial charge in [0.25, 0.3) is 0 Å². The van der Waals surface area contributed by atoms with E-state index in [1.165, 1.54) is 13.0 Å². The lowest BCUT2D eigenvalue weighted by Crippen LogP contribution is -2.50. The van der Waals surface area contributed by atoms with Gasteiger partial charge < -0.3 is 5.11 Å². The Labute approximate surface area is 129 Å². The number of terminal acetylenes is 1. The molecular formula is C14H11Cl2F3O2. The van der Waals surface area contributed by atoms with Crippen molar-refractivity contribution in [3.8, 4) is 12.3 Å². The van der Waals surface area contributed by atoms with Crippen molar-refractivity contribution in [2.45, 2.75) is 24.9 Å². The number of hydrogen-bond donors (Lipinski definition) is 1. The summed E-state index contributed by atoms with van der Waals surface area (Å²) in [5, 5.41) is 9.03. The van der Waals surface area contributed by atoms with Gasteiger partial charge in [-0.15, -0.1) is 6.42 Å². The van der Waals surface area contributed by atoms with E-state index in [2.05, 4.69) is 0 Å². The molecule has 1 unspecified atom stereocenters. The molecule has 0 bridgehead atoms. The Kier molecular flexibility index (Phi) is 5.19. The molecule has 7 heteroatoms. The minimum Gasteiger partial charge on any atom is -0.481 e. The van der Waals surface area contributed by atoms with E-state index in [1.54, 1.807) is 5.92 Å². The summed E-state index contributed by atoms with van der Waals surface area (Å²) in [5.41, 5.74) is -3.45. The van der Waals surface area contributed by atoms with Gasteiger partial charge in [0.05, 0.1) is 5.92 Å². The van der Waals surface area contributed by atoms with Crippen molar-refractivity contribution < 1.29 is 23.1 Å². The van der Waals surface area contributed by atoms with Crippen LogP contribution >= 0.6 is 23.2 Å². The molecule has 0 saturated carbocycles. The number of rotatable bonds is 4. The Bertz CT molecular complexity index is 573. The van der Waals surface area contributed by atoms with Crippen LogP contribution in [0, 0.1) is 18.3 Å². The van der Waals surface area contributed by atoms with Crippen LogP contribution in [0.25, 0.3) is 0 Å². The average Bonchev–Trinajstić information content (AvgIpc) is 2.32. The number of halogens is 5. The van der Waals surface area contributed by atoms with Gasteiger partial charge in [0.2, 0.25) is 0 Å². The maximum Gasteiger partial charge on any atom is 0.409 e. The highest BCUT2D eigenvalue weighted by atomic mass is 35.5. The number of aliphatic carboxylic acids is 1. The molecule has 1 aromatic carbocycles. The van der Waals surface area contributed by atoms with Gasteiger partial charge in [-0.05, 0) is 30.2 Å². The van der Waals surface area contributed by atoms with Crippen molar-refractivity contribution >= 4 is 29.2 Å². The van der Waals surface area contributed by atoms with Crippen molar-refractivity contribution in [2.24, 2.45) is 5.92 Å². The van der Waals surface area contributed by atoms with E-state index in [9.17, 15) is 18.0 Å². The van der Waals surface area contributed by atoms with Gasteiger partial charge in [-0.3, -0.25) is 4.79 Å². The minimum atomic E-state index is -4.98. The SMILES string of the molecule is C#C[C@](c1cc(Cl)cc(Cl)c1)(C(CC)C(=O)O)C(F)(F)F. The first-order valence-corrected chi connectivity index (χ1v) is 6.59. The molecule has 2 nitrogen and oxygen atoms in total. The first-order valence-electron chi connectivity index (χ1n) is 5.84. The molecule has 0 amide bonds. The summed E-state index contributed by atoms with van der Waals surface area (Å²) >= 11 is 11.4. The highest BCUT2D eigenvalue weighted by molar-refractivity contribution is 6.34. The van der Waals surface area contributed by atoms with Crippen molar-refractivity contribution in [1.82, 2.24) is 0 Å². The van der Waals surface area contributed by atoms with E-state index >= 15 is 0 Å². The van der Waals surface area contributed by atoms with E-state index in [0.717, 1.165) is 12.1 Å². The molecule has 0 fully saturated rings. The second-order valence-corrected chi connectivity index (χ2v) is 5.28. The molecule has 1 rings (SSSR count). The largest absolute Gasteiger partial charge is 0.481 e. The Morgan fingerprint density at radius 1 is 1.33 bits per heavy atom. The number of carbonyl (C=O) groups is 1. The lowest BCUT2D eigenvalue weighted by atomic mass is 9.69. The molecule has 21 heavy (non-hydrogen) atoms.